The van der Waals surface area contributed by atoms with E-state index in [9.17, 15) is 17.6 Å². The van der Waals surface area contributed by atoms with Crippen molar-refractivity contribution in [2.45, 2.75) is 24.8 Å². The molecule has 0 radical (unpaired) electrons. The Hall–Kier alpha value is -2.26. The molecular weight excluding hydrogens is 383 g/mol. The Morgan fingerprint density at radius 3 is 2.61 bits per heavy atom. The van der Waals surface area contributed by atoms with Gasteiger partial charge < -0.3 is 4.90 Å². The smallest absolute Gasteiger partial charge is 0.246 e. The van der Waals surface area contributed by atoms with Crippen molar-refractivity contribution in [3.63, 3.8) is 0 Å². The molecule has 150 valence electrons. The number of nitrogens with zero attached hydrogens (tertiary/aromatic N) is 4. The predicted octanol–water partition coefficient (Wildman–Crippen LogP) is 1.71. The monoisotopic (exact) mass is 406 g/mol. The van der Waals surface area contributed by atoms with E-state index in [-0.39, 0.29) is 34.5 Å². The standard InChI is InChI=1S/C19H23FN4O3S/c1-12-18(11-22(3)21-12)28(26,27)23-8-15-9-24(13(2)25)19(17(15)10-23)14-5-4-6-16(20)7-14/h4-7,11,15,17,19H,8-10H2,1-3H3/t15-,17-,19-/m1/s1. The van der Waals surface area contributed by atoms with Crippen LogP contribution >= 0.6 is 0 Å². The molecule has 2 saturated heterocycles. The Balaban J connectivity index is 1.66. The van der Waals surface area contributed by atoms with Gasteiger partial charge >= 0.3 is 0 Å². The van der Waals surface area contributed by atoms with Crippen molar-refractivity contribution in [1.29, 1.82) is 0 Å². The summed E-state index contributed by atoms with van der Waals surface area (Å²) in [5, 5.41) is 4.14. The highest BCUT2D eigenvalue weighted by Gasteiger charge is 2.51. The minimum Gasteiger partial charge on any atom is -0.335 e. The van der Waals surface area contributed by atoms with E-state index in [2.05, 4.69) is 5.10 Å². The van der Waals surface area contributed by atoms with Gasteiger partial charge in [0.25, 0.3) is 0 Å². The lowest BCUT2D eigenvalue weighted by molar-refractivity contribution is -0.130. The summed E-state index contributed by atoms with van der Waals surface area (Å²) < 4.78 is 43.1. The Kier molecular flexibility index (Phi) is 4.54. The minimum atomic E-state index is -3.67. The summed E-state index contributed by atoms with van der Waals surface area (Å²) in [4.78, 5) is 14.1. The Bertz CT molecular complexity index is 1040. The average Bonchev–Trinajstić information content (AvgIpc) is 3.26. The van der Waals surface area contributed by atoms with Crippen molar-refractivity contribution in [3.05, 3.63) is 47.5 Å². The van der Waals surface area contributed by atoms with Gasteiger partial charge in [-0.1, -0.05) is 12.1 Å². The van der Waals surface area contributed by atoms with E-state index in [1.54, 1.807) is 31.0 Å². The van der Waals surface area contributed by atoms with Crippen LogP contribution in [0.4, 0.5) is 4.39 Å². The van der Waals surface area contributed by atoms with Crippen LogP contribution in [0.3, 0.4) is 0 Å². The molecule has 4 rings (SSSR count). The summed E-state index contributed by atoms with van der Waals surface area (Å²) in [7, 11) is -1.98. The largest absolute Gasteiger partial charge is 0.335 e. The predicted molar refractivity (Wildman–Crippen MR) is 100 cm³/mol. The maximum atomic E-state index is 13.8. The number of halogens is 1. The van der Waals surface area contributed by atoms with Crippen LogP contribution in [0.1, 0.15) is 24.2 Å². The van der Waals surface area contributed by atoms with Crippen molar-refractivity contribution in [2.24, 2.45) is 18.9 Å². The van der Waals surface area contributed by atoms with Crippen LogP contribution in [0.2, 0.25) is 0 Å². The fourth-order valence-corrected chi connectivity index (χ4v) is 6.35. The molecule has 0 unspecified atom stereocenters. The quantitative estimate of drug-likeness (QED) is 0.778. The van der Waals surface area contributed by atoms with Gasteiger partial charge in [0.2, 0.25) is 15.9 Å². The molecule has 2 aliphatic heterocycles. The van der Waals surface area contributed by atoms with Gasteiger partial charge in [0.1, 0.15) is 10.7 Å². The number of aromatic nitrogens is 2. The number of carbonyl (C=O) groups excluding carboxylic acids is 1. The molecule has 1 aromatic heterocycles. The topological polar surface area (TPSA) is 75.5 Å². The maximum absolute atomic E-state index is 13.8. The van der Waals surface area contributed by atoms with Crippen molar-refractivity contribution in [1.82, 2.24) is 19.0 Å². The lowest BCUT2D eigenvalue weighted by atomic mass is 9.89. The van der Waals surface area contributed by atoms with Crippen LogP contribution in [0, 0.1) is 24.6 Å². The second-order valence-electron chi connectivity index (χ2n) is 7.67. The summed E-state index contributed by atoms with van der Waals surface area (Å²) in [5.41, 5.74) is 1.17. The molecule has 0 spiro atoms. The number of rotatable bonds is 3. The number of amides is 1. The Morgan fingerprint density at radius 1 is 1.25 bits per heavy atom. The molecule has 28 heavy (non-hydrogen) atoms. The van der Waals surface area contributed by atoms with E-state index < -0.39 is 10.0 Å². The number of fused-ring (bicyclic) bond motifs is 1. The number of hydrogen-bond donors (Lipinski definition) is 0. The number of likely N-dealkylation sites (tertiary alicyclic amines) is 1. The van der Waals surface area contributed by atoms with Crippen LogP contribution < -0.4 is 0 Å². The highest BCUT2D eigenvalue weighted by molar-refractivity contribution is 7.89. The lowest BCUT2D eigenvalue weighted by Crippen LogP contribution is -2.36. The third kappa shape index (κ3) is 3.02. The van der Waals surface area contributed by atoms with Crippen LogP contribution in [0.15, 0.2) is 35.4 Å². The molecule has 0 bridgehead atoms. The molecule has 3 atom stereocenters. The fraction of sp³-hybridized carbons (Fsp3) is 0.474. The zero-order valence-corrected chi connectivity index (χ0v) is 16.9. The summed E-state index contributed by atoms with van der Waals surface area (Å²) in [6, 6.07) is 5.90. The number of sulfonamides is 1. The van der Waals surface area contributed by atoms with Crippen molar-refractivity contribution < 1.29 is 17.6 Å². The lowest BCUT2D eigenvalue weighted by Gasteiger charge is -2.29. The minimum absolute atomic E-state index is 0.0175. The summed E-state index contributed by atoms with van der Waals surface area (Å²) in [6.45, 7) is 4.29. The first-order chi connectivity index (χ1) is 13.2. The second-order valence-corrected chi connectivity index (χ2v) is 9.58. The summed E-state index contributed by atoms with van der Waals surface area (Å²) >= 11 is 0. The molecule has 2 fully saturated rings. The first-order valence-electron chi connectivity index (χ1n) is 9.21. The van der Waals surface area contributed by atoms with Crippen LogP contribution in [-0.2, 0) is 21.9 Å². The van der Waals surface area contributed by atoms with E-state index in [0.717, 1.165) is 0 Å². The van der Waals surface area contributed by atoms with Gasteiger partial charge in [-0.15, -0.1) is 0 Å². The molecule has 1 aromatic carbocycles. The molecular formula is C19H23FN4O3S. The van der Waals surface area contributed by atoms with Crippen LogP contribution in [0.5, 0.6) is 0 Å². The van der Waals surface area contributed by atoms with E-state index in [1.807, 2.05) is 0 Å². The third-order valence-corrected chi connectivity index (χ3v) is 7.75. The number of hydrogen-bond acceptors (Lipinski definition) is 4. The normalized spacial score (nSPS) is 25.3. The summed E-state index contributed by atoms with van der Waals surface area (Å²) in [6.07, 6.45) is 1.52. The Morgan fingerprint density at radius 2 is 2.00 bits per heavy atom. The van der Waals surface area contributed by atoms with Crippen LogP contribution in [0.25, 0.3) is 0 Å². The Labute approximate surface area is 163 Å². The molecule has 2 aromatic rings. The first kappa shape index (κ1) is 19.1. The van der Waals surface area contributed by atoms with Gasteiger partial charge in [0.15, 0.2) is 0 Å². The van der Waals surface area contributed by atoms with E-state index in [4.69, 9.17) is 0 Å². The van der Waals surface area contributed by atoms with Crippen molar-refractivity contribution >= 4 is 15.9 Å². The van der Waals surface area contributed by atoms with Gasteiger partial charge in [-0.2, -0.15) is 9.40 Å². The number of aryl methyl sites for hydroxylation is 2. The molecule has 2 aliphatic rings. The molecule has 7 nitrogen and oxygen atoms in total. The van der Waals surface area contributed by atoms with Gasteiger partial charge in [0.05, 0.1) is 11.7 Å². The van der Waals surface area contributed by atoms with Crippen molar-refractivity contribution in [3.8, 4) is 0 Å². The van der Waals surface area contributed by atoms with Crippen molar-refractivity contribution in [2.75, 3.05) is 19.6 Å². The SMILES string of the molecule is CC(=O)N1C[C@H]2CN(S(=O)(=O)c3cn(C)nc3C)C[C@H]2[C@H]1c1cccc(F)c1. The zero-order chi connectivity index (χ0) is 20.2. The van der Waals surface area contributed by atoms with Crippen LogP contribution in [-0.4, -0.2) is 52.9 Å². The second kappa shape index (κ2) is 6.66. The summed E-state index contributed by atoms with van der Waals surface area (Å²) in [5.74, 6) is -0.500. The molecule has 9 heteroatoms. The highest BCUT2D eigenvalue weighted by atomic mass is 32.2. The van der Waals surface area contributed by atoms with Gasteiger partial charge in [-0.05, 0) is 30.5 Å². The van der Waals surface area contributed by atoms with E-state index in [1.165, 1.54) is 34.2 Å². The highest BCUT2D eigenvalue weighted by Crippen LogP contribution is 2.46. The van der Waals surface area contributed by atoms with Gasteiger partial charge in [-0.25, -0.2) is 12.8 Å². The number of benzene rings is 1. The molecule has 3 heterocycles. The van der Waals surface area contributed by atoms with Gasteiger partial charge in [0, 0.05) is 45.7 Å². The maximum Gasteiger partial charge on any atom is 0.246 e. The number of carbonyl (C=O) groups is 1. The average molecular weight is 406 g/mol. The zero-order valence-electron chi connectivity index (χ0n) is 16.0. The first-order valence-corrected chi connectivity index (χ1v) is 10.7. The van der Waals surface area contributed by atoms with E-state index >= 15 is 0 Å². The molecule has 0 saturated carbocycles. The fourth-order valence-electron chi connectivity index (χ4n) is 4.61. The third-order valence-electron chi connectivity index (χ3n) is 5.81. The molecule has 0 N–H and O–H groups in total. The molecule has 0 aliphatic carbocycles. The van der Waals surface area contributed by atoms with E-state index in [0.29, 0.717) is 30.9 Å². The molecule has 1 amide bonds. The van der Waals surface area contributed by atoms with Gasteiger partial charge in [-0.3, -0.25) is 9.48 Å².